The van der Waals surface area contributed by atoms with E-state index in [0.29, 0.717) is 6.54 Å². The Labute approximate surface area is 109 Å². The van der Waals surface area contributed by atoms with Crippen molar-refractivity contribution in [3.63, 3.8) is 0 Å². The molecule has 1 aromatic carbocycles. The van der Waals surface area contributed by atoms with E-state index in [0.717, 1.165) is 25.1 Å². The lowest BCUT2D eigenvalue weighted by atomic mass is 10.1. The van der Waals surface area contributed by atoms with Gasteiger partial charge in [0.25, 0.3) is 0 Å². The summed E-state index contributed by atoms with van der Waals surface area (Å²) < 4.78 is 0. The van der Waals surface area contributed by atoms with Crippen LogP contribution in [-0.2, 0) is 11.2 Å². The molecule has 1 atom stereocenters. The predicted molar refractivity (Wildman–Crippen MR) is 75.1 cm³/mol. The van der Waals surface area contributed by atoms with Crippen LogP contribution in [0.15, 0.2) is 24.3 Å². The number of carbonyl (C=O) groups is 1. The van der Waals surface area contributed by atoms with Crippen LogP contribution in [0.3, 0.4) is 0 Å². The molecule has 0 spiro atoms. The molecule has 18 heavy (non-hydrogen) atoms. The van der Waals surface area contributed by atoms with Gasteiger partial charge in [-0.15, -0.1) is 0 Å². The van der Waals surface area contributed by atoms with Crippen LogP contribution < -0.4 is 4.90 Å². The van der Waals surface area contributed by atoms with Crippen LogP contribution in [0.2, 0.25) is 0 Å². The second-order valence-corrected chi connectivity index (χ2v) is 4.71. The van der Waals surface area contributed by atoms with Gasteiger partial charge in [-0.05, 0) is 30.5 Å². The second kappa shape index (κ2) is 7.04. The van der Waals surface area contributed by atoms with E-state index in [2.05, 4.69) is 43.0 Å². The van der Waals surface area contributed by atoms with Crippen molar-refractivity contribution in [2.45, 2.75) is 33.6 Å². The van der Waals surface area contributed by atoms with Crippen molar-refractivity contribution in [1.29, 1.82) is 0 Å². The first-order valence-electron chi connectivity index (χ1n) is 6.65. The molecule has 3 heteroatoms. The van der Waals surface area contributed by atoms with Gasteiger partial charge in [-0.2, -0.15) is 0 Å². The van der Waals surface area contributed by atoms with Gasteiger partial charge < -0.3 is 10.0 Å². The lowest BCUT2D eigenvalue weighted by Crippen LogP contribution is -2.32. The van der Waals surface area contributed by atoms with Crippen LogP contribution in [0.25, 0.3) is 0 Å². The molecule has 0 bridgehead atoms. The van der Waals surface area contributed by atoms with Gasteiger partial charge in [0.15, 0.2) is 0 Å². The SMILES string of the molecule is CCCN(CC(C)C(=O)O)c1ccc(CC)cc1. The number of aliphatic carboxylic acids is 1. The van der Waals surface area contributed by atoms with Crippen LogP contribution in [0.5, 0.6) is 0 Å². The molecule has 0 saturated carbocycles. The number of aryl methyl sites for hydroxylation is 1. The van der Waals surface area contributed by atoms with Crippen molar-refractivity contribution in [1.82, 2.24) is 0 Å². The molecular formula is C15H23NO2. The summed E-state index contributed by atoms with van der Waals surface area (Å²) in [5.41, 5.74) is 2.42. The van der Waals surface area contributed by atoms with Crippen molar-refractivity contribution in [2.24, 2.45) is 5.92 Å². The fourth-order valence-electron chi connectivity index (χ4n) is 1.95. The first-order chi connectivity index (χ1) is 8.58. The Morgan fingerprint density at radius 3 is 2.33 bits per heavy atom. The number of carboxylic acid groups (broad SMARTS) is 1. The number of hydrogen-bond donors (Lipinski definition) is 1. The Balaban J connectivity index is 2.79. The van der Waals surface area contributed by atoms with Gasteiger partial charge in [0.05, 0.1) is 5.92 Å². The standard InChI is InChI=1S/C15H23NO2/c1-4-10-16(11-12(3)15(17)18)14-8-6-13(5-2)7-9-14/h6-9,12H,4-5,10-11H2,1-3H3,(H,17,18). The molecule has 0 aliphatic rings. The molecule has 0 aliphatic carbocycles. The number of nitrogens with zero attached hydrogens (tertiary/aromatic N) is 1. The highest BCUT2D eigenvalue weighted by molar-refractivity contribution is 5.70. The average Bonchev–Trinajstić information content (AvgIpc) is 2.38. The minimum Gasteiger partial charge on any atom is -0.481 e. The van der Waals surface area contributed by atoms with Gasteiger partial charge in [0.2, 0.25) is 0 Å². The number of rotatable bonds is 7. The molecule has 0 aromatic heterocycles. The quantitative estimate of drug-likeness (QED) is 0.806. The van der Waals surface area contributed by atoms with Crippen LogP contribution in [0.4, 0.5) is 5.69 Å². The van der Waals surface area contributed by atoms with Crippen molar-refractivity contribution < 1.29 is 9.90 Å². The zero-order valence-corrected chi connectivity index (χ0v) is 11.5. The molecule has 1 rings (SSSR count). The van der Waals surface area contributed by atoms with Gasteiger partial charge in [-0.1, -0.05) is 32.9 Å². The van der Waals surface area contributed by atoms with Crippen molar-refractivity contribution in [3.8, 4) is 0 Å². The third-order valence-electron chi connectivity index (χ3n) is 3.12. The minimum atomic E-state index is -0.735. The number of benzene rings is 1. The van der Waals surface area contributed by atoms with E-state index in [9.17, 15) is 4.79 Å². The topological polar surface area (TPSA) is 40.5 Å². The average molecular weight is 249 g/mol. The Bertz CT molecular complexity index is 373. The molecule has 1 N–H and O–H groups in total. The lowest BCUT2D eigenvalue weighted by molar-refractivity contribution is -0.140. The Kier molecular flexibility index (Phi) is 5.69. The van der Waals surface area contributed by atoms with E-state index >= 15 is 0 Å². The normalized spacial score (nSPS) is 12.2. The smallest absolute Gasteiger partial charge is 0.308 e. The zero-order chi connectivity index (χ0) is 13.5. The molecule has 0 amide bonds. The van der Waals surface area contributed by atoms with Gasteiger partial charge in [-0.3, -0.25) is 4.79 Å². The minimum absolute atomic E-state index is 0.345. The first kappa shape index (κ1) is 14.6. The maximum atomic E-state index is 10.9. The zero-order valence-electron chi connectivity index (χ0n) is 11.5. The van der Waals surface area contributed by atoms with E-state index in [1.54, 1.807) is 6.92 Å². The summed E-state index contributed by atoms with van der Waals surface area (Å²) in [6.07, 6.45) is 2.04. The lowest BCUT2D eigenvalue weighted by Gasteiger charge is -2.26. The van der Waals surface area contributed by atoms with E-state index in [-0.39, 0.29) is 5.92 Å². The molecule has 0 radical (unpaired) electrons. The fraction of sp³-hybridized carbons (Fsp3) is 0.533. The first-order valence-corrected chi connectivity index (χ1v) is 6.65. The molecule has 3 nitrogen and oxygen atoms in total. The highest BCUT2D eigenvalue weighted by Gasteiger charge is 2.15. The Morgan fingerprint density at radius 2 is 1.89 bits per heavy atom. The third kappa shape index (κ3) is 4.06. The Morgan fingerprint density at radius 1 is 1.28 bits per heavy atom. The van der Waals surface area contributed by atoms with E-state index in [1.807, 2.05) is 0 Å². The maximum absolute atomic E-state index is 10.9. The molecule has 0 fully saturated rings. The molecule has 1 unspecified atom stereocenters. The summed E-state index contributed by atoms with van der Waals surface area (Å²) in [6, 6.07) is 8.40. The van der Waals surface area contributed by atoms with Gasteiger partial charge in [0.1, 0.15) is 0 Å². The molecule has 1 aromatic rings. The fourth-order valence-corrected chi connectivity index (χ4v) is 1.95. The highest BCUT2D eigenvalue weighted by atomic mass is 16.4. The van der Waals surface area contributed by atoms with Gasteiger partial charge in [0, 0.05) is 18.8 Å². The summed E-state index contributed by atoms with van der Waals surface area (Å²) in [5.74, 6) is -1.08. The number of anilines is 1. The highest BCUT2D eigenvalue weighted by Crippen LogP contribution is 2.17. The molecule has 0 saturated heterocycles. The van der Waals surface area contributed by atoms with Crippen molar-refractivity contribution in [2.75, 3.05) is 18.0 Å². The van der Waals surface area contributed by atoms with Crippen LogP contribution in [0.1, 0.15) is 32.8 Å². The summed E-state index contributed by atoms with van der Waals surface area (Å²) >= 11 is 0. The van der Waals surface area contributed by atoms with Crippen molar-refractivity contribution in [3.05, 3.63) is 29.8 Å². The van der Waals surface area contributed by atoms with E-state index in [1.165, 1.54) is 5.56 Å². The van der Waals surface area contributed by atoms with Crippen LogP contribution >= 0.6 is 0 Å². The summed E-state index contributed by atoms with van der Waals surface area (Å²) in [7, 11) is 0. The maximum Gasteiger partial charge on any atom is 0.308 e. The van der Waals surface area contributed by atoms with E-state index in [4.69, 9.17) is 5.11 Å². The van der Waals surface area contributed by atoms with E-state index < -0.39 is 5.97 Å². The third-order valence-corrected chi connectivity index (χ3v) is 3.12. The number of hydrogen-bond acceptors (Lipinski definition) is 2. The second-order valence-electron chi connectivity index (χ2n) is 4.71. The molecule has 100 valence electrons. The summed E-state index contributed by atoms with van der Waals surface area (Å²) in [4.78, 5) is 13.1. The van der Waals surface area contributed by atoms with Gasteiger partial charge >= 0.3 is 5.97 Å². The molecule has 0 heterocycles. The predicted octanol–water partition coefficient (Wildman–Crippen LogP) is 3.19. The number of carboxylic acids is 1. The molecular weight excluding hydrogens is 226 g/mol. The van der Waals surface area contributed by atoms with Crippen molar-refractivity contribution >= 4 is 11.7 Å². The Hall–Kier alpha value is -1.51. The molecule has 0 aliphatic heterocycles. The van der Waals surface area contributed by atoms with Crippen LogP contribution in [0, 0.1) is 5.92 Å². The van der Waals surface area contributed by atoms with Crippen LogP contribution in [-0.4, -0.2) is 24.2 Å². The van der Waals surface area contributed by atoms with Gasteiger partial charge in [-0.25, -0.2) is 0 Å². The summed E-state index contributed by atoms with van der Waals surface area (Å²) in [6.45, 7) is 7.45. The monoisotopic (exact) mass is 249 g/mol. The largest absolute Gasteiger partial charge is 0.481 e. The summed E-state index contributed by atoms with van der Waals surface area (Å²) in [5, 5.41) is 9.00.